The molecule has 0 aliphatic heterocycles. The van der Waals surface area contributed by atoms with Crippen LogP contribution in [0.3, 0.4) is 0 Å². The fraction of sp³-hybridized carbons (Fsp3) is 0.0800. The van der Waals surface area contributed by atoms with Crippen molar-refractivity contribution >= 4 is 5.78 Å². The van der Waals surface area contributed by atoms with Gasteiger partial charge in [0.2, 0.25) is 5.78 Å². The Kier molecular flexibility index (Phi) is 5.72. The van der Waals surface area contributed by atoms with E-state index in [0.29, 0.717) is 22.7 Å². The van der Waals surface area contributed by atoms with E-state index >= 15 is 0 Å². The molecule has 32 heavy (non-hydrogen) atoms. The van der Waals surface area contributed by atoms with Gasteiger partial charge < -0.3 is 13.9 Å². The first-order valence-electron chi connectivity index (χ1n) is 9.72. The molecule has 7 nitrogen and oxygen atoms in total. The van der Waals surface area contributed by atoms with Crippen LogP contribution in [0.25, 0.3) is 17.0 Å². The van der Waals surface area contributed by atoms with E-state index in [1.165, 1.54) is 14.2 Å². The van der Waals surface area contributed by atoms with Crippen LogP contribution in [0.4, 0.5) is 0 Å². The van der Waals surface area contributed by atoms with Crippen LogP contribution in [-0.2, 0) is 0 Å². The van der Waals surface area contributed by atoms with E-state index in [2.05, 4.69) is 0 Å². The standard InChI is InChI=1S/C25H19NO6/c1-30-19-12-8-16(9-13-19)22(27)21-23(17-10-14-20(31-2)15-11-17)32-25(29)26(24(21)28)18-6-4-3-5-7-18/h3-15H,1-2H3. The van der Waals surface area contributed by atoms with E-state index in [4.69, 9.17) is 13.9 Å². The normalized spacial score (nSPS) is 10.6. The third-order valence-corrected chi connectivity index (χ3v) is 4.96. The van der Waals surface area contributed by atoms with E-state index in [1.54, 1.807) is 78.9 Å². The number of para-hydroxylation sites is 1. The number of methoxy groups -OCH3 is 2. The summed E-state index contributed by atoms with van der Waals surface area (Å²) < 4.78 is 16.7. The number of nitrogens with zero attached hydrogens (tertiary/aromatic N) is 1. The summed E-state index contributed by atoms with van der Waals surface area (Å²) >= 11 is 0. The van der Waals surface area contributed by atoms with Gasteiger partial charge in [-0.2, -0.15) is 0 Å². The van der Waals surface area contributed by atoms with Gasteiger partial charge in [0.1, 0.15) is 17.1 Å². The maximum atomic E-state index is 13.5. The van der Waals surface area contributed by atoms with E-state index in [0.717, 1.165) is 4.57 Å². The molecule has 0 aliphatic rings. The van der Waals surface area contributed by atoms with Gasteiger partial charge in [-0.25, -0.2) is 9.36 Å². The largest absolute Gasteiger partial charge is 0.497 e. The molecule has 3 aromatic carbocycles. The third-order valence-electron chi connectivity index (χ3n) is 4.96. The minimum absolute atomic E-state index is 0.101. The van der Waals surface area contributed by atoms with Gasteiger partial charge in [-0.15, -0.1) is 0 Å². The molecule has 0 radical (unpaired) electrons. The molecule has 1 heterocycles. The lowest BCUT2D eigenvalue weighted by atomic mass is 10.00. The Morgan fingerprint density at radius 2 is 1.34 bits per heavy atom. The molecule has 0 N–H and O–H groups in total. The number of rotatable bonds is 6. The summed E-state index contributed by atoms with van der Waals surface area (Å²) in [5, 5.41) is 0. The summed E-state index contributed by atoms with van der Waals surface area (Å²) in [6, 6.07) is 21.2. The fourth-order valence-corrected chi connectivity index (χ4v) is 3.31. The number of ketones is 1. The number of carbonyl (C=O) groups is 1. The van der Waals surface area contributed by atoms with Crippen LogP contribution >= 0.6 is 0 Å². The van der Waals surface area contributed by atoms with Gasteiger partial charge in [0.25, 0.3) is 5.56 Å². The molecule has 0 spiro atoms. The Balaban J connectivity index is 1.97. The van der Waals surface area contributed by atoms with Crippen LogP contribution in [0.15, 0.2) is 92.9 Å². The molecule has 0 atom stereocenters. The van der Waals surface area contributed by atoms with Crippen molar-refractivity contribution in [3.63, 3.8) is 0 Å². The second-order valence-corrected chi connectivity index (χ2v) is 6.83. The van der Waals surface area contributed by atoms with Crippen LogP contribution in [0.5, 0.6) is 11.5 Å². The summed E-state index contributed by atoms with van der Waals surface area (Å²) in [6.07, 6.45) is 0. The van der Waals surface area contributed by atoms with Gasteiger partial charge in [-0.3, -0.25) is 9.59 Å². The number of carbonyl (C=O) groups excluding carboxylic acids is 1. The highest BCUT2D eigenvalue weighted by atomic mass is 16.5. The minimum atomic E-state index is -0.890. The lowest BCUT2D eigenvalue weighted by Gasteiger charge is -2.11. The predicted octanol–water partition coefficient (Wildman–Crippen LogP) is 3.71. The van der Waals surface area contributed by atoms with Crippen LogP contribution < -0.4 is 20.8 Å². The molecule has 0 unspecified atom stereocenters. The number of ether oxygens (including phenoxy) is 2. The molecule has 0 saturated heterocycles. The van der Waals surface area contributed by atoms with Gasteiger partial charge in [0, 0.05) is 11.1 Å². The fourth-order valence-electron chi connectivity index (χ4n) is 3.31. The van der Waals surface area contributed by atoms with Gasteiger partial charge >= 0.3 is 5.76 Å². The average molecular weight is 429 g/mol. The molecule has 4 aromatic rings. The first-order valence-corrected chi connectivity index (χ1v) is 9.72. The summed E-state index contributed by atoms with van der Waals surface area (Å²) in [7, 11) is 3.04. The molecule has 0 fully saturated rings. The summed E-state index contributed by atoms with van der Waals surface area (Å²) in [5.74, 6) is -0.416. The Labute approximate surface area is 183 Å². The highest BCUT2D eigenvalue weighted by molar-refractivity contribution is 6.11. The lowest BCUT2D eigenvalue weighted by molar-refractivity contribution is 0.103. The van der Waals surface area contributed by atoms with Gasteiger partial charge in [-0.05, 0) is 60.7 Å². The third kappa shape index (κ3) is 3.83. The Hall–Kier alpha value is -4.39. The second kappa shape index (κ2) is 8.77. The van der Waals surface area contributed by atoms with Crippen molar-refractivity contribution in [1.29, 1.82) is 0 Å². The highest BCUT2D eigenvalue weighted by Gasteiger charge is 2.25. The van der Waals surface area contributed by atoms with Crippen molar-refractivity contribution in [2.45, 2.75) is 0 Å². The van der Waals surface area contributed by atoms with Crippen molar-refractivity contribution < 1.29 is 18.7 Å². The first-order chi connectivity index (χ1) is 15.5. The topological polar surface area (TPSA) is 87.7 Å². The zero-order chi connectivity index (χ0) is 22.7. The molecular weight excluding hydrogens is 410 g/mol. The molecule has 7 heteroatoms. The smallest absolute Gasteiger partial charge is 0.427 e. The molecule has 0 saturated carbocycles. The molecular formula is C25H19NO6. The number of hydrogen-bond donors (Lipinski definition) is 0. The molecule has 0 bridgehead atoms. The average Bonchev–Trinajstić information content (AvgIpc) is 2.84. The Morgan fingerprint density at radius 3 is 1.91 bits per heavy atom. The van der Waals surface area contributed by atoms with E-state index in [-0.39, 0.29) is 16.9 Å². The van der Waals surface area contributed by atoms with Crippen molar-refractivity contribution in [3.05, 3.63) is 111 Å². The zero-order valence-corrected chi connectivity index (χ0v) is 17.4. The number of aromatic nitrogens is 1. The van der Waals surface area contributed by atoms with Gasteiger partial charge in [0.05, 0.1) is 19.9 Å². The van der Waals surface area contributed by atoms with Crippen LogP contribution in [0.1, 0.15) is 15.9 Å². The van der Waals surface area contributed by atoms with Crippen molar-refractivity contribution in [3.8, 4) is 28.5 Å². The quantitative estimate of drug-likeness (QED) is 0.434. The van der Waals surface area contributed by atoms with Crippen LogP contribution in [0, 0.1) is 0 Å². The predicted molar refractivity (Wildman–Crippen MR) is 119 cm³/mol. The van der Waals surface area contributed by atoms with Crippen molar-refractivity contribution in [2.24, 2.45) is 0 Å². The summed E-state index contributed by atoms with van der Waals surface area (Å²) in [5.41, 5.74) is -0.0534. The van der Waals surface area contributed by atoms with Gasteiger partial charge in [-0.1, -0.05) is 18.2 Å². The van der Waals surface area contributed by atoms with E-state index in [1.807, 2.05) is 0 Å². The monoisotopic (exact) mass is 429 g/mol. The van der Waals surface area contributed by atoms with Crippen molar-refractivity contribution in [1.82, 2.24) is 4.57 Å². The molecule has 4 rings (SSSR count). The number of benzene rings is 3. The first kappa shape index (κ1) is 20.9. The molecule has 160 valence electrons. The van der Waals surface area contributed by atoms with E-state index < -0.39 is 17.1 Å². The Bertz CT molecular complexity index is 1370. The lowest BCUT2D eigenvalue weighted by Crippen LogP contribution is -2.35. The van der Waals surface area contributed by atoms with Gasteiger partial charge in [0.15, 0.2) is 5.76 Å². The van der Waals surface area contributed by atoms with Crippen LogP contribution in [0.2, 0.25) is 0 Å². The van der Waals surface area contributed by atoms with E-state index in [9.17, 15) is 14.4 Å². The van der Waals surface area contributed by atoms with Crippen LogP contribution in [-0.4, -0.2) is 24.6 Å². The minimum Gasteiger partial charge on any atom is -0.497 e. The molecule has 1 aromatic heterocycles. The maximum absolute atomic E-state index is 13.5. The summed E-state index contributed by atoms with van der Waals surface area (Å²) in [6.45, 7) is 0. The number of hydrogen-bond acceptors (Lipinski definition) is 6. The maximum Gasteiger partial charge on any atom is 0.427 e. The SMILES string of the molecule is COc1ccc(C(=O)c2c(-c3ccc(OC)cc3)oc(=O)n(-c3ccccc3)c2=O)cc1. The zero-order valence-electron chi connectivity index (χ0n) is 17.4. The Morgan fingerprint density at radius 1 is 0.781 bits per heavy atom. The van der Waals surface area contributed by atoms with Crippen molar-refractivity contribution in [2.75, 3.05) is 14.2 Å². The second-order valence-electron chi connectivity index (χ2n) is 6.83. The highest BCUT2D eigenvalue weighted by Crippen LogP contribution is 2.26. The molecule has 0 aliphatic carbocycles. The summed E-state index contributed by atoms with van der Waals surface area (Å²) in [4.78, 5) is 39.7. The molecule has 0 amide bonds.